The topological polar surface area (TPSA) is 59.6 Å². The summed E-state index contributed by atoms with van der Waals surface area (Å²) in [4.78, 5) is 4.33. The number of anilines is 1. The number of rotatable bonds is 6. The van der Waals surface area contributed by atoms with Crippen molar-refractivity contribution in [2.24, 2.45) is 10.7 Å². The number of nitrogens with one attached hydrogen (secondary N) is 1. The minimum absolute atomic E-state index is 0. The molecule has 5 heteroatoms. The molecule has 2 aromatic carbocycles. The molecule has 0 aliphatic carbocycles. The van der Waals surface area contributed by atoms with E-state index in [0.717, 1.165) is 24.3 Å². The average Bonchev–Trinajstić information content (AvgIpc) is 2.53. The Morgan fingerprint density at radius 1 is 1.14 bits per heavy atom. The summed E-state index contributed by atoms with van der Waals surface area (Å²) >= 11 is 0. The van der Waals surface area contributed by atoms with Crippen LogP contribution in [0.15, 0.2) is 59.6 Å². The SMILES string of the molecule is COc1cccc(NC(N)=NCCCc2ccccc2)c1.I. The molecule has 0 saturated heterocycles. The number of ether oxygens (including phenoxy) is 1. The number of halogens is 1. The molecule has 0 aliphatic heterocycles. The zero-order chi connectivity index (χ0) is 14.9. The third-order valence-corrected chi connectivity index (χ3v) is 3.09. The van der Waals surface area contributed by atoms with Crippen LogP contribution in [0.3, 0.4) is 0 Å². The van der Waals surface area contributed by atoms with Crippen LogP contribution in [0.2, 0.25) is 0 Å². The Balaban J connectivity index is 0.00000242. The normalized spacial score (nSPS) is 10.7. The molecule has 22 heavy (non-hydrogen) atoms. The Morgan fingerprint density at radius 2 is 1.91 bits per heavy atom. The van der Waals surface area contributed by atoms with Crippen LogP contribution in [-0.2, 0) is 6.42 Å². The van der Waals surface area contributed by atoms with E-state index < -0.39 is 0 Å². The van der Waals surface area contributed by atoms with Crippen molar-refractivity contribution in [1.29, 1.82) is 0 Å². The van der Waals surface area contributed by atoms with Crippen LogP contribution < -0.4 is 15.8 Å². The third kappa shape index (κ3) is 6.34. The van der Waals surface area contributed by atoms with Gasteiger partial charge in [-0.2, -0.15) is 0 Å². The lowest BCUT2D eigenvalue weighted by molar-refractivity contribution is 0.415. The second kappa shape index (κ2) is 10.0. The van der Waals surface area contributed by atoms with Gasteiger partial charge in [-0.15, -0.1) is 24.0 Å². The van der Waals surface area contributed by atoms with Crippen molar-refractivity contribution in [3.63, 3.8) is 0 Å². The number of benzene rings is 2. The minimum Gasteiger partial charge on any atom is -0.497 e. The van der Waals surface area contributed by atoms with Gasteiger partial charge in [-0.1, -0.05) is 36.4 Å². The van der Waals surface area contributed by atoms with E-state index in [1.807, 2.05) is 30.3 Å². The van der Waals surface area contributed by atoms with E-state index in [4.69, 9.17) is 10.5 Å². The molecule has 0 aliphatic rings. The fraction of sp³-hybridized carbons (Fsp3) is 0.235. The fourth-order valence-electron chi connectivity index (χ4n) is 2.02. The molecule has 0 amide bonds. The molecule has 0 fully saturated rings. The standard InChI is InChI=1S/C17H21N3O.HI/c1-21-16-11-5-10-15(13-16)20-17(18)19-12-6-9-14-7-3-2-4-8-14;/h2-5,7-8,10-11,13H,6,9,12H2,1H3,(H3,18,19,20);1H. The van der Waals surface area contributed by atoms with Gasteiger partial charge in [0.2, 0.25) is 0 Å². The van der Waals surface area contributed by atoms with Gasteiger partial charge in [0.1, 0.15) is 5.75 Å². The van der Waals surface area contributed by atoms with Crippen molar-refractivity contribution in [3.05, 3.63) is 60.2 Å². The number of hydrogen-bond donors (Lipinski definition) is 2. The van der Waals surface area contributed by atoms with E-state index in [0.29, 0.717) is 12.5 Å². The van der Waals surface area contributed by atoms with Crippen LogP contribution in [0.5, 0.6) is 5.75 Å². The molecule has 0 radical (unpaired) electrons. The zero-order valence-corrected chi connectivity index (χ0v) is 15.0. The van der Waals surface area contributed by atoms with Gasteiger partial charge in [-0.05, 0) is 30.5 Å². The van der Waals surface area contributed by atoms with E-state index in [1.165, 1.54) is 5.56 Å². The van der Waals surface area contributed by atoms with Crippen LogP contribution in [0, 0.1) is 0 Å². The van der Waals surface area contributed by atoms with Gasteiger partial charge >= 0.3 is 0 Å². The molecule has 118 valence electrons. The predicted molar refractivity (Wildman–Crippen MR) is 103 cm³/mol. The summed E-state index contributed by atoms with van der Waals surface area (Å²) in [7, 11) is 1.64. The van der Waals surface area contributed by atoms with Gasteiger partial charge < -0.3 is 15.8 Å². The largest absolute Gasteiger partial charge is 0.497 e. The molecule has 0 bridgehead atoms. The van der Waals surface area contributed by atoms with Crippen LogP contribution in [-0.4, -0.2) is 19.6 Å². The Bertz CT molecular complexity index is 587. The van der Waals surface area contributed by atoms with Crippen molar-refractivity contribution in [2.75, 3.05) is 19.0 Å². The Hall–Kier alpha value is -1.76. The highest BCUT2D eigenvalue weighted by molar-refractivity contribution is 14.0. The molecule has 0 atom stereocenters. The van der Waals surface area contributed by atoms with Gasteiger partial charge in [0, 0.05) is 18.3 Å². The molecule has 0 heterocycles. The molecule has 0 spiro atoms. The fourth-order valence-corrected chi connectivity index (χ4v) is 2.02. The van der Waals surface area contributed by atoms with Gasteiger partial charge in [-0.25, -0.2) is 0 Å². The highest BCUT2D eigenvalue weighted by Gasteiger charge is 1.97. The summed E-state index contributed by atoms with van der Waals surface area (Å²) in [6.07, 6.45) is 1.99. The lowest BCUT2D eigenvalue weighted by atomic mass is 10.1. The molecule has 0 saturated carbocycles. The Kier molecular flexibility index (Phi) is 8.35. The molecule has 0 aromatic heterocycles. The second-order valence-corrected chi connectivity index (χ2v) is 4.71. The van der Waals surface area contributed by atoms with Crippen molar-refractivity contribution in [3.8, 4) is 5.75 Å². The number of aryl methyl sites for hydroxylation is 1. The van der Waals surface area contributed by atoms with Crippen LogP contribution >= 0.6 is 24.0 Å². The lowest BCUT2D eigenvalue weighted by Gasteiger charge is -2.07. The number of guanidine groups is 1. The monoisotopic (exact) mass is 411 g/mol. The maximum absolute atomic E-state index is 5.87. The Labute approximate surface area is 148 Å². The lowest BCUT2D eigenvalue weighted by Crippen LogP contribution is -2.22. The summed E-state index contributed by atoms with van der Waals surface area (Å²) in [6, 6.07) is 18.0. The number of nitrogens with zero attached hydrogens (tertiary/aromatic N) is 1. The van der Waals surface area contributed by atoms with Crippen LogP contribution in [0.1, 0.15) is 12.0 Å². The van der Waals surface area contributed by atoms with Gasteiger partial charge in [0.15, 0.2) is 5.96 Å². The molecule has 3 N–H and O–H groups in total. The van der Waals surface area contributed by atoms with E-state index in [9.17, 15) is 0 Å². The number of aliphatic imine (C=N–C) groups is 1. The molecule has 4 nitrogen and oxygen atoms in total. The summed E-state index contributed by atoms with van der Waals surface area (Å²) in [5.74, 6) is 1.22. The maximum Gasteiger partial charge on any atom is 0.193 e. The van der Waals surface area contributed by atoms with Crippen LogP contribution in [0.25, 0.3) is 0 Å². The first-order chi connectivity index (χ1) is 10.3. The Morgan fingerprint density at radius 3 is 2.64 bits per heavy atom. The van der Waals surface area contributed by atoms with Crippen molar-refractivity contribution in [1.82, 2.24) is 0 Å². The third-order valence-electron chi connectivity index (χ3n) is 3.09. The number of nitrogens with two attached hydrogens (primary N) is 1. The highest BCUT2D eigenvalue weighted by atomic mass is 127. The number of methoxy groups -OCH3 is 1. The van der Waals surface area contributed by atoms with Crippen molar-refractivity contribution in [2.45, 2.75) is 12.8 Å². The summed E-state index contributed by atoms with van der Waals surface area (Å²) in [5, 5.41) is 3.06. The molecule has 2 aromatic rings. The number of hydrogen-bond acceptors (Lipinski definition) is 2. The molecular weight excluding hydrogens is 389 g/mol. The van der Waals surface area contributed by atoms with E-state index in [-0.39, 0.29) is 24.0 Å². The van der Waals surface area contributed by atoms with E-state index >= 15 is 0 Å². The minimum atomic E-state index is 0. The first-order valence-electron chi connectivity index (χ1n) is 7.03. The quantitative estimate of drug-likeness (QED) is 0.330. The predicted octanol–water partition coefficient (Wildman–Crippen LogP) is 3.67. The first-order valence-corrected chi connectivity index (χ1v) is 7.03. The summed E-state index contributed by atoms with van der Waals surface area (Å²) in [5.41, 5.74) is 8.07. The second-order valence-electron chi connectivity index (χ2n) is 4.71. The smallest absolute Gasteiger partial charge is 0.193 e. The van der Waals surface area contributed by atoms with Gasteiger partial charge in [0.25, 0.3) is 0 Å². The summed E-state index contributed by atoms with van der Waals surface area (Å²) in [6.45, 7) is 0.706. The molecule has 2 rings (SSSR count). The molecule has 0 unspecified atom stereocenters. The van der Waals surface area contributed by atoms with Crippen LogP contribution in [0.4, 0.5) is 5.69 Å². The molecular formula is C17H22IN3O. The van der Waals surface area contributed by atoms with Gasteiger partial charge in [-0.3, -0.25) is 4.99 Å². The zero-order valence-electron chi connectivity index (χ0n) is 12.7. The average molecular weight is 411 g/mol. The van der Waals surface area contributed by atoms with E-state index in [1.54, 1.807) is 7.11 Å². The van der Waals surface area contributed by atoms with Gasteiger partial charge in [0.05, 0.1) is 7.11 Å². The summed E-state index contributed by atoms with van der Waals surface area (Å²) < 4.78 is 5.16. The maximum atomic E-state index is 5.87. The highest BCUT2D eigenvalue weighted by Crippen LogP contribution is 2.16. The van der Waals surface area contributed by atoms with Crippen molar-refractivity contribution >= 4 is 35.6 Å². The van der Waals surface area contributed by atoms with E-state index in [2.05, 4.69) is 34.6 Å². The van der Waals surface area contributed by atoms with Crippen molar-refractivity contribution < 1.29 is 4.74 Å². The first kappa shape index (κ1) is 18.3.